The molecule has 3 aromatic carbocycles. The summed E-state index contributed by atoms with van der Waals surface area (Å²) in [4.78, 5) is 57.7. The first-order valence-corrected chi connectivity index (χ1v) is 14.7. The number of halogens is 5. The third-order valence-electron chi connectivity index (χ3n) is 8.36. The third-order valence-corrected chi connectivity index (χ3v) is 8.36. The normalized spacial score (nSPS) is 16.3. The molecule has 1 amide bonds. The summed E-state index contributed by atoms with van der Waals surface area (Å²) >= 11 is 0. The quantitative estimate of drug-likeness (QED) is 0.251. The summed E-state index contributed by atoms with van der Waals surface area (Å²) < 4.78 is 82.0. The first-order chi connectivity index (χ1) is 23.2. The third kappa shape index (κ3) is 5.91. The minimum atomic E-state index is -5.26. The second kappa shape index (κ2) is 12.3. The van der Waals surface area contributed by atoms with Gasteiger partial charge < -0.3 is 15.2 Å². The number of rotatable bonds is 3. The molecule has 49 heavy (non-hydrogen) atoms. The fourth-order valence-corrected chi connectivity index (χ4v) is 6.04. The van der Waals surface area contributed by atoms with Crippen LogP contribution in [-0.2, 0) is 29.4 Å². The van der Waals surface area contributed by atoms with Gasteiger partial charge in [0, 0.05) is 29.9 Å². The monoisotopic (exact) mass is 680 g/mol. The lowest BCUT2D eigenvalue weighted by atomic mass is 9.91. The number of fused-ring (bicyclic) bond motifs is 7. The molecule has 3 heterocycles. The summed E-state index contributed by atoms with van der Waals surface area (Å²) in [5.41, 5.74) is -4.58. The lowest BCUT2D eigenvalue weighted by Crippen LogP contribution is -2.48. The van der Waals surface area contributed by atoms with E-state index in [0.29, 0.717) is 16.2 Å². The molecule has 2 aromatic heterocycles. The molecule has 15 heteroatoms. The number of aliphatic carboxylic acids is 1. The second-order valence-electron chi connectivity index (χ2n) is 11.5. The fourth-order valence-electron chi connectivity index (χ4n) is 6.04. The number of ether oxygens (including phenoxy) is 1. The molecule has 2 N–H and O–H groups in total. The number of benzene rings is 3. The molecule has 6 rings (SSSR count). The van der Waals surface area contributed by atoms with E-state index < -0.39 is 76.1 Å². The summed E-state index contributed by atoms with van der Waals surface area (Å²) in [6.45, 7) is 1.27. The number of pyridine rings is 1. The summed E-state index contributed by atoms with van der Waals surface area (Å²) in [5, 5.41) is 11.9. The van der Waals surface area contributed by atoms with Crippen LogP contribution in [0.25, 0.3) is 22.0 Å². The summed E-state index contributed by atoms with van der Waals surface area (Å²) in [5.74, 6) is -5.86. The molecular weight excluding hydrogens is 655 g/mol. The number of carboxylic acid groups (broad SMARTS) is 1. The molecule has 1 aliphatic rings. The Labute approximate surface area is 273 Å². The van der Waals surface area contributed by atoms with Gasteiger partial charge in [-0.05, 0) is 60.0 Å². The van der Waals surface area contributed by atoms with Crippen molar-refractivity contribution in [2.24, 2.45) is 7.05 Å². The lowest BCUT2D eigenvalue weighted by Gasteiger charge is -2.27. The van der Waals surface area contributed by atoms with Crippen molar-refractivity contribution in [3.8, 4) is 16.9 Å². The van der Waals surface area contributed by atoms with Crippen LogP contribution in [0.3, 0.4) is 0 Å². The summed E-state index contributed by atoms with van der Waals surface area (Å²) in [7, 11) is 1.27. The zero-order valence-corrected chi connectivity index (χ0v) is 25.6. The topological polar surface area (TPSA) is 133 Å². The summed E-state index contributed by atoms with van der Waals surface area (Å²) in [6.07, 6.45) is -3.91. The van der Waals surface area contributed by atoms with Crippen molar-refractivity contribution in [1.29, 1.82) is 0 Å². The molecule has 252 valence electrons. The number of carboxylic acids is 1. The molecule has 1 aliphatic heterocycles. The van der Waals surface area contributed by atoms with Gasteiger partial charge in [0.05, 0.1) is 35.1 Å². The Morgan fingerprint density at radius 1 is 1.06 bits per heavy atom. The Balaban J connectivity index is 1.69. The van der Waals surface area contributed by atoms with Gasteiger partial charge in [-0.3, -0.25) is 23.9 Å². The van der Waals surface area contributed by atoms with Gasteiger partial charge in [-0.2, -0.15) is 13.2 Å². The number of nitrogens with zero attached hydrogens (tertiary/aromatic N) is 3. The van der Waals surface area contributed by atoms with Crippen LogP contribution in [0.5, 0.6) is 5.75 Å². The molecule has 4 bridgehead atoms. The molecular formula is C34H25F5N4O6. The van der Waals surface area contributed by atoms with Crippen LogP contribution in [0, 0.1) is 18.6 Å². The maximum Gasteiger partial charge on any atom is 0.419 e. The van der Waals surface area contributed by atoms with Gasteiger partial charge in [-0.15, -0.1) is 0 Å². The van der Waals surface area contributed by atoms with Crippen molar-refractivity contribution in [2.45, 2.75) is 38.2 Å². The van der Waals surface area contributed by atoms with Crippen molar-refractivity contribution < 1.29 is 41.4 Å². The van der Waals surface area contributed by atoms with Crippen molar-refractivity contribution in [2.75, 3.05) is 0 Å². The van der Waals surface area contributed by atoms with E-state index in [1.165, 1.54) is 43.7 Å². The molecule has 0 saturated heterocycles. The Kier molecular flexibility index (Phi) is 8.30. The first kappa shape index (κ1) is 33.1. The standard InChI is InChI=1S/C34H25F5N4O6/c1-16-4-3-5-26-28(16)18-11-21(29(36)22(12-18)34(37,38)39)24(13-27(44)45)41-31(46)30(20-10-17(15-49-26)6-7-23(20)35)43-32(47)19-8-9-40-14-25(19)42(2)33(43)48/h3-12,14,24,30H,13,15H2,1-2H3,(H,41,46)(H,44,45)/t24-,30-/m0/s1. The molecule has 0 aliphatic carbocycles. The molecule has 10 nitrogen and oxygen atoms in total. The highest BCUT2D eigenvalue weighted by Gasteiger charge is 2.39. The van der Waals surface area contributed by atoms with E-state index in [1.54, 1.807) is 19.1 Å². The zero-order chi connectivity index (χ0) is 35.4. The molecule has 0 fully saturated rings. The molecule has 0 radical (unpaired) electrons. The van der Waals surface area contributed by atoms with Crippen LogP contribution in [0.15, 0.2) is 76.6 Å². The number of hydrogen-bond donors (Lipinski definition) is 2. The highest BCUT2D eigenvalue weighted by atomic mass is 19.4. The van der Waals surface area contributed by atoms with Gasteiger partial charge in [0.15, 0.2) is 0 Å². The highest BCUT2D eigenvalue weighted by molar-refractivity contribution is 5.86. The molecule has 0 saturated carbocycles. The number of aryl methyl sites for hydroxylation is 2. The van der Waals surface area contributed by atoms with Crippen molar-refractivity contribution in [3.63, 3.8) is 0 Å². The Hall–Kier alpha value is -5.86. The zero-order valence-electron chi connectivity index (χ0n) is 25.6. The Morgan fingerprint density at radius 3 is 2.53 bits per heavy atom. The molecule has 5 aromatic rings. The number of amides is 1. The van der Waals surface area contributed by atoms with Gasteiger partial charge in [0.1, 0.15) is 30.0 Å². The van der Waals surface area contributed by atoms with Gasteiger partial charge in [0.25, 0.3) is 5.56 Å². The van der Waals surface area contributed by atoms with E-state index in [-0.39, 0.29) is 39.9 Å². The van der Waals surface area contributed by atoms with Crippen LogP contribution in [0.1, 0.15) is 46.3 Å². The van der Waals surface area contributed by atoms with Crippen LogP contribution in [0.2, 0.25) is 0 Å². The number of aromatic nitrogens is 3. The first-order valence-electron chi connectivity index (χ1n) is 14.7. The van der Waals surface area contributed by atoms with Gasteiger partial charge >= 0.3 is 17.8 Å². The highest BCUT2D eigenvalue weighted by Crippen LogP contribution is 2.42. The average Bonchev–Trinajstić information content (AvgIpc) is 3.04. The predicted octanol–water partition coefficient (Wildman–Crippen LogP) is 5.18. The van der Waals surface area contributed by atoms with E-state index in [2.05, 4.69) is 10.3 Å². The van der Waals surface area contributed by atoms with Gasteiger partial charge in [-0.25, -0.2) is 18.1 Å². The number of carbonyl (C=O) groups excluding carboxylic acids is 1. The second-order valence-corrected chi connectivity index (χ2v) is 11.5. The van der Waals surface area contributed by atoms with Crippen molar-refractivity contribution in [3.05, 3.63) is 127 Å². The maximum atomic E-state index is 15.9. The van der Waals surface area contributed by atoms with Crippen molar-refractivity contribution in [1.82, 2.24) is 19.4 Å². The van der Waals surface area contributed by atoms with E-state index in [1.807, 2.05) is 0 Å². The summed E-state index contributed by atoms with van der Waals surface area (Å²) in [6, 6.07) is 6.73. The van der Waals surface area contributed by atoms with Gasteiger partial charge in [-0.1, -0.05) is 18.2 Å². The Morgan fingerprint density at radius 2 is 1.82 bits per heavy atom. The van der Waals surface area contributed by atoms with Crippen LogP contribution >= 0.6 is 0 Å². The maximum absolute atomic E-state index is 15.9. The fraction of sp³-hybridized carbons (Fsp3) is 0.206. The minimum absolute atomic E-state index is 0.0669. The minimum Gasteiger partial charge on any atom is -0.488 e. The van der Waals surface area contributed by atoms with Crippen LogP contribution in [-0.4, -0.2) is 31.1 Å². The van der Waals surface area contributed by atoms with E-state index in [9.17, 15) is 37.5 Å². The lowest BCUT2D eigenvalue weighted by molar-refractivity contribution is -0.140. The number of nitrogens with one attached hydrogen (secondary N) is 1. The number of hydrogen-bond acceptors (Lipinski definition) is 6. The van der Waals surface area contributed by atoms with E-state index >= 15 is 8.78 Å². The average molecular weight is 681 g/mol. The molecule has 0 unspecified atom stereocenters. The molecule has 0 spiro atoms. The smallest absolute Gasteiger partial charge is 0.419 e. The SMILES string of the molecule is Cc1cccc2c1-c1cc(c(F)c(C(F)(F)F)c1)[C@H](CC(=O)O)NC(=O)[C@@H](n1c(=O)c3ccncc3n(C)c1=O)c1cc(ccc1F)CO2. The number of alkyl halides is 3. The van der Waals surface area contributed by atoms with Crippen molar-refractivity contribution >= 4 is 22.8 Å². The Bertz CT molecular complexity index is 2300. The van der Waals surface area contributed by atoms with Crippen LogP contribution < -0.4 is 21.3 Å². The van der Waals surface area contributed by atoms with E-state index in [0.717, 1.165) is 16.7 Å². The molecule has 2 atom stereocenters. The van der Waals surface area contributed by atoms with Gasteiger partial charge in [0.2, 0.25) is 5.91 Å². The van der Waals surface area contributed by atoms with E-state index in [4.69, 9.17) is 4.74 Å². The number of carbonyl (C=O) groups is 2. The van der Waals surface area contributed by atoms with Crippen LogP contribution in [0.4, 0.5) is 22.0 Å². The predicted molar refractivity (Wildman–Crippen MR) is 165 cm³/mol. The largest absolute Gasteiger partial charge is 0.488 e.